The highest BCUT2D eigenvalue weighted by Gasteiger charge is 2.04. The smallest absolute Gasteiger partial charge is 0.185 e. The first-order valence-electron chi connectivity index (χ1n) is 6.83. The van der Waals surface area contributed by atoms with Crippen LogP contribution in [0.15, 0.2) is 54.6 Å². The van der Waals surface area contributed by atoms with E-state index in [0.717, 1.165) is 11.3 Å². The molecule has 0 spiro atoms. The van der Waals surface area contributed by atoms with Crippen molar-refractivity contribution in [2.75, 3.05) is 13.7 Å². The maximum Gasteiger partial charge on any atom is 0.185 e. The minimum absolute atomic E-state index is 0.0693. The van der Waals surface area contributed by atoms with Crippen LogP contribution >= 0.6 is 0 Å². The Morgan fingerprint density at radius 3 is 2.71 bits per heavy atom. The zero-order valence-electron chi connectivity index (χ0n) is 12.2. The Balaban J connectivity index is 2.18. The molecule has 0 aliphatic rings. The van der Waals surface area contributed by atoms with Crippen molar-refractivity contribution in [2.45, 2.75) is 6.92 Å². The lowest BCUT2D eigenvalue weighted by Gasteiger charge is -2.06. The molecule has 0 heterocycles. The largest absolute Gasteiger partial charge is 0.497 e. The number of methoxy groups -OCH3 is 1. The number of hydrogen-bond donors (Lipinski definition) is 0. The summed E-state index contributed by atoms with van der Waals surface area (Å²) in [6.45, 7) is 2.52. The van der Waals surface area contributed by atoms with Gasteiger partial charge in [-0.25, -0.2) is 0 Å². The van der Waals surface area contributed by atoms with Gasteiger partial charge in [-0.1, -0.05) is 30.3 Å². The molecule has 0 N–H and O–H groups in total. The van der Waals surface area contributed by atoms with E-state index in [4.69, 9.17) is 9.47 Å². The number of rotatable bonds is 6. The van der Waals surface area contributed by atoms with Crippen molar-refractivity contribution >= 4 is 11.9 Å². The van der Waals surface area contributed by atoms with Gasteiger partial charge in [0.2, 0.25) is 0 Å². The third-order valence-electron chi connectivity index (χ3n) is 2.99. The number of hydrogen-bond acceptors (Lipinski definition) is 3. The number of carbonyl (C=O) groups excluding carboxylic acids is 1. The SMILES string of the molecule is CCOc1ccccc1/C=C/C(=O)c1cccc(OC)c1. The van der Waals surface area contributed by atoms with Gasteiger partial charge < -0.3 is 9.47 Å². The van der Waals surface area contributed by atoms with Crippen molar-refractivity contribution in [3.8, 4) is 11.5 Å². The lowest BCUT2D eigenvalue weighted by Crippen LogP contribution is -1.96. The molecule has 0 saturated heterocycles. The van der Waals surface area contributed by atoms with Crippen molar-refractivity contribution in [1.82, 2.24) is 0 Å². The van der Waals surface area contributed by atoms with Gasteiger partial charge >= 0.3 is 0 Å². The lowest BCUT2D eigenvalue weighted by molar-refractivity contribution is 0.104. The Morgan fingerprint density at radius 1 is 1.14 bits per heavy atom. The van der Waals surface area contributed by atoms with Gasteiger partial charge in [0, 0.05) is 11.1 Å². The molecule has 0 saturated carbocycles. The Labute approximate surface area is 124 Å². The molecular weight excluding hydrogens is 264 g/mol. The standard InChI is InChI=1S/C18H18O3/c1-3-21-18-10-5-4-7-14(18)11-12-17(19)15-8-6-9-16(13-15)20-2/h4-13H,3H2,1-2H3/b12-11+. The number of carbonyl (C=O) groups is 1. The molecule has 2 aromatic carbocycles. The van der Waals surface area contributed by atoms with E-state index in [1.54, 1.807) is 37.5 Å². The van der Waals surface area contributed by atoms with Gasteiger partial charge in [0.05, 0.1) is 13.7 Å². The van der Waals surface area contributed by atoms with E-state index >= 15 is 0 Å². The van der Waals surface area contributed by atoms with Gasteiger partial charge in [0.25, 0.3) is 0 Å². The second-order valence-electron chi connectivity index (χ2n) is 4.40. The molecule has 0 atom stereocenters. The van der Waals surface area contributed by atoms with Gasteiger partial charge in [-0.15, -0.1) is 0 Å². The predicted octanol–water partition coefficient (Wildman–Crippen LogP) is 3.99. The van der Waals surface area contributed by atoms with Gasteiger partial charge in [0.15, 0.2) is 5.78 Å². The molecule has 0 bridgehead atoms. The van der Waals surface area contributed by atoms with Crippen molar-refractivity contribution in [3.05, 3.63) is 65.7 Å². The van der Waals surface area contributed by atoms with Crippen LogP contribution in [0, 0.1) is 0 Å². The molecule has 0 unspecified atom stereocenters. The molecule has 0 aliphatic heterocycles. The number of para-hydroxylation sites is 1. The minimum Gasteiger partial charge on any atom is -0.497 e. The Morgan fingerprint density at radius 2 is 1.95 bits per heavy atom. The van der Waals surface area contributed by atoms with E-state index in [2.05, 4.69) is 0 Å². The Bertz CT molecular complexity index is 644. The molecule has 0 aliphatic carbocycles. The van der Waals surface area contributed by atoms with Crippen LogP contribution in [0.1, 0.15) is 22.8 Å². The highest BCUT2D eigenvalue weighted by atomic mass is 16.5. The molecule has 0 amide bonds. The maximum absolute atomic E-state index is 12.2. The molecule has 3 heteroatoms. The summed E-state index contributed by atoms with van der Waals surface area (Å²) < 4.78 is 10.7. The van der Waals surface area contributed by atoms with Crippen LogP contribution in [0.2, 0.25) is 0 Å². The van der Waals surface area contributed by atoms with Crippen LogP contribution in [-0.2, 0) is 0 Å². The third kappa shape index (κ3) is 3.96. The van der Waals surface area contributed by atoms with E-state index in [9.17, 15) is 4.79 Å². The number of benzene rings is 2. The van der Waals surface area contributed by atoms with Crippen molar-refractivity contribution < 1.29 is 14.3 Å². The summed E-state index contributed by atoms with van der Waals surface area (Å²) in [6, 6.07) is 14.7. The van der Waals surface area contributed by atoms with Crippen LogP contribution in [0.25, 0.3) is 6.08 Å². The fraction of sp³-hybridized carbons (Fsp3) is 0.167. The van der Waals surface area contributed by atoms with Crippen molar-refractivity contribution in [2.24, 2.45) is 0 Å². The quantitative estimate of drug-likeness (QED) is 0.593. The molecule has 0 fully saturated rings. The number of allylic oxidation sites excluding steroid dienone is 1. The van der Waals surface area contributed by atoms with Crippen LogP contribution < -0.4 is 9.47 Å². The van der Waals surface area contributed by atoms with Gasteiger partial charge in [-0.2, -0.15) is 0 Å². The normalized spacial score (nSPS) is 10.6. The topological polar surface area (TPSA) is 35.5 Å². The summed E-state index contributed by atoms with van der Waals surface area (Å²) >= 11 is 0. The van der Waals surface area contributed by atoms with E-state index in [0.29, 0.717) is 17.9 Å². The first-order chi connectivity index (χ1) is 10.2. The van der Waals surface area contributed by atoms with Crippen LogP contribution in [0.4, 0.5) is 0 Å². The highest BCUT2D eigenvalue weighted by Crippen LogP contribution is 2.20. The molecule has 2 rings (SSSR count). The van der Waals surface area contributed by atoms with Gasteiger partial charge in [-0.05, 0) is 37.3 Å². The summed E-state index contributed by atoms with van der Waals surface area (Å²) in [7, 11) is 1.58. The molecular formula is C18H18O3. The summed E-state index contributed by atoms with van der Waals surface area (Å²) in [4.78, 5) is 12.2. The van der Waals surface area contributed by atoms with Crippen molar-refractivity contribution in [3.63, 3.8) is 0 Å². The van der Waals surface area contributed by atoms with E-state index in [1.165, 1.54) is 0 Å². The average Bonchev–Trinajstić information content (AvgIpc) is 2.54. The summed E-state index contributed by atoms with van der Waals surface area (Å²) in [5.41, 5.74) is 1.48. The molecule has 2 aromatic rings. The molecule has 108 valence electrons. The molecule has 3 nitrogen and oxygen atoms in total. The zero-order chi connectivity index (χ0) is 15.1. The van der Waals surface area contributed by atoms with Gasteiger partial charge in [-0.3, -0.25) is 4.79 Å². The monoisotopic (exact) mass is 282 g/mol. The summed E-state index contributed by atoms with van der Waals surface area (Å²) in [5.74, 6) is 1.37. The third-order valence-corrected chi connectivity index (χ3v) is 2.99. The molecule has 0 radical (unpaired) electrons. The predicted molar refractivity (Wildman–Crippen MR) is 84.0 cm³/mol. The van der Waals surface area contributed by atoms with Gasteiger partial charge in [0.1, 0.15) is 11.5 Å². The summed E-state index contributed by atoms with van der Waals surface area (Å²) in [6.07, 6.45) is 3.32. The second-order valence-corrected chi connectivity index (χ2v) is 4.40. The number of ether oxygens (including phenoxy) is 2. The minimum atomic E-state index is -0.0693. The first-order valence-corrected chi connectivity index (χ1v) is 6.83. The fourth-order valence-electron chi connectivity index (χ4n) is 1.94. The van der Waals surface area contributed by atoms with Crippen LogP contribution in [0.3, 0.4) is 0 Å². The highest BCUT2D eigenvalue weighted by molar-refractivity contribution is 6.07. The van der Waals surface area contributed by atoms with E-state index < -0.39 is 0 Å². The zero-order valence-corrected chi connectivity index (χ0v) is 12.2. The number of ketones is 1. The maximum atomic E-state index is 12.2. The fourth-order valence-corrected chi connectivity index (χ4v) is 1.94. The van der Waals surface area contributed by atoms with E-state index in [-0.39, 0.29) is 5.78 Å². The second kappa shape index (κ2) is 7.29. The van der Waals surface area contributed by atoms with Crippen LogP contribution in [-0.4, -0.2) is 19.5 Å². The average molecular weight is 282 g/mol. The summed E-state index contributed by atoms with van der Waals surface area (Å²) in [5, 5.41) is 0. The first kappa shape index (κ1) is 14.9. The Kier molecular flexibility index (Phi) is 5.16. The molecule has 21 heavy (non-hydrogen) atoms. The van der Waals surface area contributed by atoms with Crippen LogP contribution in [0.5, 0.6) is 11.5 Å². The Hall–Kier alpha value is -2.55. The van der Waals surface area contributed by atoms with E-state index in [1.807, 2.05) is 37.3 Å². The van der Waals surface area contributed by atoms with Crippen molar-refractivity contribution in [1.29, 1.82) is 0 Å². The molecule has 0 aromatic heterocycles. The lowest BCUT2D eigenvalue weighted by atomic mass is 10.1.